The second-order valence-corrected chi connectivity index (χ2v) is 25.5. The summed E-state index contributed by atoms with van der Waals surface area (Å²) >= 11 is 0. The average molecular weight is 955 g/mol. The van der Waals surface area contributed by atoms with Gasteiger partial charge in [0.25, 0.3) is 0 Å². The Morgan fingerprint density at radius 2 is 0.516 bits per heavy atom. The minimum absolute atomic E-state index is 0.148. The van der Waals surface area contributed by atoms with Gasteiger partial charge in [0.1, 0.15) is 0 Å². The molecule has 0 N–H and O–H groups in total. The summed E-state index contributed by atoms with van der Waals surface area (Å²) in [6.07, 6.45) is 6.51. The maximum Gasteiger partial charge on any atom is 0.243 e. The fourth-order valence-corrected chi connectivity index (χ4v) is 13.8. The Hall–Kier alpha value is -3.48. The van der Waals surface area contributed by atoms with Crippen LogP contribution in [0.4, 0.5) is 0 Å². The summed E-state index contributed by atoms with van der Waals surface area (Å²) in [4.78, 5) is 0.836. The van der Waals surface area contributed by atoms with Gasteiger partial charge in [0.05, 0.1) is 19.6 Å². The van der Waals surface area contributed by atoms with Crippen molar-refractivity contribution in [2.24, 2.45) is 11.8 Å². The Labute approximate surface area is 383 Å². The minimum Gasteiger partial charge on any atom is -0.207 e. The van der Waals surface area contributed by atoms with Gasteiger partial charge in [0.15, 0.2) is 0 Å². The van der Waals surface area contributed by atoms with E-state index in [1.807, 2.05) is 27.7 Å². The van der Waals surface area contributed by atoms with E-state index in [0.717, 1.165) is 47.9 Å². The lowest BCUT2D eigenvalue weighted by atomic mass is 10.2. The summed E-state index contributed by atoms with van der Waals surface area (Å²) in [5.41, 5.74) is 3.79. The Balaban J connectivity index is 1.11. The zero-order valence-corrected chi connectivity index (χ0v) is 41.1. The van der Waals surface area contributed by atoms with E-state index in [0.29, 0.717) is 63.5 Å². The lowest BCUT2D eigenvalue weighted by molar-refractivity contribution is 0.341. The quantitative estimate of drug-likeness (QED) is 0.0544. The molecule has 0 heterocycles. The second kappa shape index (κ2) is 21.9. The lowest BCUT2D eigenvalue weighted by Crippen LogP contribution is -2.37. The van der Waals surface area contributed by atoms with Crippen molar-refractivity contribution in [1.29, 1.82) is 0 Å². The molecule has 0 atom stereocenters. The molecule has 2 fully saturated rings. The maximum absolute atomic E-state index is 14.1. The number of nitrogens with zero attached hydrogens (tertiary/aromatic N) is 4. The normalized spacial score (nSPS) is 15.2. The Kier molecular flexibility index (Phi) is 17.1. The molecular formula is C48H66N4O8S4. The molecular weight excluding hydrogens is 889 g/mol. The van der Waals surface area contributed by atoms with E-state index in [4.69, 9.17) is 0 Å². The van der Waals surface area contributed by atoms with E-state index in [2.05, 4.69) is 0 Å². The van der Waals surface area contributed by atoms with Crippen LogP contribution < -0.4 is 0 Å². The molecule has 6 rings (SSSR count). The van der Waals surface area contributed by atoms with Gasteiger partial charge in [-0.1, -0.05) is 70.8 Å². The molecule has 4 aromatic carbocycles. The summed E-state index contributed by atoms with van der Waals surface area (Å²) in [6, 6.07) is 27.1. The van der Waals surface area contributed by atoms with Crippen LogP contribution in [0.15, 0.2) is 117 Å². The van der Waals surface area contributed by atoms with Gasteiger partial charge in [-0.05, 0) is 152 Å². The molecule has 2 aliphatic carbocycles. The van der Waals surface area contributed by atoms with E-state index in [1.165, 1.54) is 8.61 Å². The van der Waals surface area contributed by atoms with Gasteiger partial charge in [0.2, 0.25) is 40.1 Å². The van der Waals surface area contributed by atoms with Crippen molar-refractivity contribution in [2.45, 2.75) is 111 Å². The molecule has 0 radical (unpaired) electrons. The Bertz CT molecular complexity index is 2400. The van der Waals surface area contributed by atoms with Crippen molar-refractivity contribution >= 4 is 40.1 Å². The third-order valence-corrected chi connectivity index (χ3v) is 19.7. The predicted octanol–water partition coefficient (Wildman–Crippen LogP) is 8.14. The van der Waals surface area contributed by atoms with Crippen LogP contribution in [-0.2, 0) is 40.1 Å². The summed E-state index contributed by atoms with van der Waals surface area (Å²) in [6.45, 7) is 9.66. The molecule has 0 unspecified atom stereocenters. The minimum atomic E-state index is -3.93. The van der Waals surface area contributed by atoms with Gasteiger partial charge in [0, 0.05) is 52.4 Å². The van der Waals surface area contributed by atoms with E-state index in [9.17, 15) is 33.7 Å². The molecule has 16 heteroatoms. The number of unbranched alkanes of at least 4 members (excludes halogenated alkanes) is 3. The highest BCUT2D eigenvalue weighted by Gasteiger charge is 2.34. The first-order valence-electron chi connectivity index (χ1n) is 22.6. The zero-order valence-electron chi connectivity index (χ0n) is 37.8. The van der Waals surface area contributed by atoms with Crippen LogP contribution in [0, 0.1) is 39.5 Å². The molecule has 0 aliphatic heterocycles. The molecule has 2 aliphatic rings. The van der Waals surface area contributed by atoms with Crippen LogP contribution in [0.2, 0.25) is 0 Å². The molecule has 0 saturated heterocycles. The van der Waals surface area contributed by atoms with E-state index in [-0.39, 0.29) is 58.9 Å². The fourth-order valence-electron chi connectivity index (χ4n) is 7.67. The predicted molar refractivity (Wildman–Crippen MR) is 253 cm³/mol. The average Bonchev–Trinajstić information content (AvgIpc) is 4.21. The maximum atomic E-state index is 14.1. The van der Waals surface area contributed by atoms with Crippen molar-refractivity contribution in [2.75, 3.05) is 52.4 Å². The van der Waals surface area contributed by atoms with Crippen LogP contribution in [0.3, 0.4) is 0 Å². The van der Waals surface area contributed by atoms with Gasteiger partial charge in [-0.25, -0.2) is 33.7 Å². The summed E-state index contributed by atoms with van der Waals surface area (Å²) in [7, 11) is -15.3. The number of hydrogen-bond donors (Lipinski definition) is 0. The highest BCUT2D eigenvalue weighted by atomic mass is 32.2. The number of hydrogen-bond acceptors (Lipinski definition) is 8. The molecule has 0 spiro atoms. The first-order chi connectivity index (χ1) is 30.4. The number of benzene rings is 4. The van der Waals surface area contributed by atoms with Crippen LogP contribution >= 0.6 is 0 Å². The summed E-state index contributed by atoms with van der Waals surface area (Å²) in [5.74, 6) is 0.658. The van der Waals surface area contributed by atoms with Crippen LogP contribution in [0.5, 0.6) is 0 Å². The van der Waals surface area contributed by atoms with Crippen molar-refractivity contribution in [3.8, 4) is 0 Å². The molecule has 4 aromatic rings. The van der Waals surface area contributed by atoms with Gasteiger partial charge in [-0.2, -0.15) is 17.2 Å². The monoisotopic (exact) mass is 954 g/mol. The van der Waals surface area contributed by atoms with Crippen molar-refractivity contribution < 1.29 is 33.7 Å². The lowest BCUT2D eigenvalue weighted by Gasteiger charge is -2.26. The van der Waals surface area contributed by atoms with Gasteiger partial charge in [-0.15, -0.1) is 0 Å². The molecule has 350 valence electrons. The van der Waals surface area contributed by atoms with Crippen LogP contribution in [0.25, 0.3) is 0 Å². The van der Waals surface area contributed by atoms with E-state index < -0.39 is 40.1 Å². The topological polar surface area (TPSA) is 150 Å². The summed E-state index contributed by atoms with van der Waals surface area (Å²) in [5, 5.41) is 0. The smallest absolute Gasteiger partial charge is 0.207 e. The van der Waals surface area contributed by atoms with Crippen molar-refractivity contribution in [3.05, 3.63) is 119 Å². The van der Waals surface area contributed by atoms with Crippen LogP contribution in [0.1, 0.15) is 86.5 Å². The summed E-state index contributed by atoms with van der Waals surface area (Å²) < 4.78 is 117. The number of rotatable bonds is 27. The van der Waals surface area contributed by atoms with Crippen molar-refractivity contribution in [1.82, 2.24) is 17.2 Å². The third-order valence-electron chi connectivity index (χ3n) is 12.1. The molecule has 0 bridgehead atoms. The van der Waals surface area contributed by atoms with Crippen LogP contribution in [-0.4, -0.2) is 103 Å². The fraction of sp³-hybridized carbons (Fsp3) is 0.500. The molecule has 0 aromatic heterocycles. The molecule has 64 heavy (non-hydrogen) atoms. The standard InChI is InChI=1S/C48H66N4O8S4/c1-39-11-23-45(24-12-39)61(53,54)49(33-7-9-35-51(37-43-19-20-43)63(57,58)47-27-15-41(3)16-28-47)31-5-6-32-50(62(55,56)46-25-13-40(2)14-26-46)34-8-10-36-52(38-44-21-22-44)64(59,60)48-29-17-42(4)18-30-48/h11-18,23-30,43-44H,5-10,19-22,31-38H2,1-4H3. The van der Waals surface area contributed by atoms with Crippen molar-refractivity contribution in [3.63, 3.8) is 0 Å². The molecule has 2 saturated carbocycles. The first kappa shape index (κ1) is 49.9. The molecule has 0 amide bonds. The van der Waals surface area contributed by atoms with E-state index >= 15 is 0 Å². The molecule has 12 nitrogen and oxygen atoms in total. The Morgan fingerprint density at radius 1 is 0.328 bits per heavy atom. The first-order valence-corrected chi connectivity index (χ1v) is 28.4. The van der Waals surface area contributed by atoms with Gasteiger partial charge >= 0.3 is 0 Å². The zero-order chi connectivity index (χ0) is 46.1. The van der Waals surface area contributed by atoms with E-state index in [1.54, 1.807) is 106 Å². The number of aryl methyl sites for hydroxylation is 4. The second-order valence-electron chi connectivity index (χ2n) is 17.8. The number of sulfonamides is 4. The largest absolute Gasteiger partial charge is 0.243 e. The third kappa shape index (κ3) is 13.6. The SMILES string of the molecule is Cc1ccc(S(=O)(=O)N(CCCCN(CCCCN(CC2CC2)S(=O)(=O)c2ccc(C)cc2)S(=O)(=O)c2ccc(C)cc2)CCCCN(CC2CC2)S(=O)(=O)c2ccc(C)cc2)cc1. The highest BCUT2D eigenvalue weighted by molar-refractivity contribution is 7.90. The van der Waals surface area contributed by atoms with Gasteiger partial charge in [-0.3, -0.25) is 0 Å². The highest BCUT2D eigenvalue weighted by Crippen LogP contribution is 2.33. The van der Waals surface area contributed by atoms with Gasteiger partial charge < -0.3 is 0 Å². The Morgan fingerprint density at radius 3 is 0.719 bits per heavy atom.